The standard InChI is InChI=1S/C16H22N2OS/c19-16(18-8-4-1-5-9-18)12-17-11-14-10-13-6-2-3-7-15(13)20-14/h2-3,6-7,14,17H,1,4-5,8-12H2. The SMILES string of the molecule is O=C(CNCC1Cc2ccccc2S1)N1CCCCC1. The molecule has 1 atom stereocenters. The number of amides is 1. The fraction of sp³-hybridized carbons (Fsp3) is 0.562. The predicted octanol–water partition coefficient (Wildman–Crippen LogP) is 2.31. The number of thioether (sulfide) groups is 1. The molecule has 1 aromatic rings. The monoisotopic (exact) mass is 290 g/mol. The van der Waals surface area contributed by atoms with Crippen LogP contribution in [0.3, 0.4) is 0 Å². The maximum absolute atomic E-state index is 12.0. The molecular weight excluding hydrogens is 268 g/mol. The van der Waals surface area contributed by atoms with Crippen LogP contribution >= 0.6 is 11.8 Å². The molecule has 1 fully saturated rings. The first-order chi connectivity index (χ1) is 9.83. The zero-order valence-corrected chi connectivity index (χ0v) is 12.6. The van der Waals surface area contributed by atoms with E-state index in [-0.39, 0.29) is 5.91 Å². The minimum absolute atomic E-state index is 0.269. The lowest BCUT2D eigenvalue weighted by molar-refractivity contribution is -0.131. The molecule has 0 aromatic heterocycles. The van der Waals surface area contributed by atoms with Gasteiger partial charge in [0, 0.05) is 29.8 Å². The van der Waals surface area contributed by atoms with Gasteiger partial charge in [0.25, 0.3) is 0 Å². The van der Waals surface area contributed by atoms with E-state index in [4.69, 9.17) is 0 Å². The molecule has 0 aliphatic carbocycles. The molecule has 1 N–H and O–H groups in total. The van der Waals surface area contributed by atoms with E-state index >= 15 is 0 Å². The van der Waals surface area contributed by atoms with Crippen LogP contribution in [0.2, 0.25) is 0 Å². The zero-order valence-electron chi connectivity index (χ0n) is 11.8. The summed E-state index contributed by atoms with van der Waals surface area (Å²) in [6, 6.07) is 8.61. The number of likely N-dealkylation sites (tertiary alicyclic amines) is 1. The fourth-order valence-electron chi connectivity index (χ4n) is 2.96. The van der Waals surface area contributed by atoms with Gasteiger partial charge < -0.3 is 10.2 Å². The van der Waals surface area contributed by atoms with Crippen molar-refractivity contribution in [2.24, 2.45) is 0 Å². The van der Waals surface area contributed by atoms with Gasteiger partial charge in [0.1, 0.15) is 0 Å². The van der Waals surface area contributed by atoms with E-state index in [1.807, 2.05) is 16.7 Å². The molecular formula is C16H22N2OS. The quantitative estimate of drug-likeness (QED) is 0.923. The van der Waals surface area contributed by atoms with E-state index in [0.717, 1.165) is 26.1 Å². The van der Waals surface area contributed by atoms with Gasteiger partial charge in [0.05, 0.1) is 6.54 Å². The number of hydrogen-bond donors (Lipinski definition) is 1. The lowest BCUT2D eigenvalue weighted by atomic mass is 10.1. The van der Waals surface area contributed by atoms with Crippen molar-refractivity contribution in [3.63, 3.8) is 0 Å². The largest absolute Gasteiger partial charge is 0.342 e. The summed E-state index contributed by atoms with van der Waals surface area (Å²) in [7, 11) is 0. The van der Waals surface area contributed by atoms with Gasteiger partial charge in [-0.3, -0.25) is 4.79 Å². The molecule has 0 spiro atoms. The maximum atomic E-state index is 12.0. The number of piperidine rings is 1. The smallest absolute Gasteiger partial charge is 0.236 e. The van der Waals surface area contributed by atoms with Crippen molar-refractivity contribution in [3.05, 3.63) is 29.8 Å². The highest BCUT2D eigenvalue weighted by Crippen LogP contribution is 2.36. The highest BCUT2D eigenvalue weighted by Gasteiger charge is 2.22. The predicted molar refractivity (Wildman–Crippen MR) is 83.1 cm³/mol. The Hall–Kier alpha value is -1.00. The van der Waals surface area contributed by atoms with E-state index in [0.29, 0.717) is 11.8 Å². The van der Waals surface area contributed by atoms with E-state index < -0.39 is 0 Å². The number of carbonyl (C=O) groups is 1. The van der Waals surface area contributed by atoms with Crippen LogP contribution in [-0.2, 0) is 11.2 Å². The molecule has 108 valence electrons. The maximum Gasteiger partial charge on any atom is 0.236 e. The van der Waals surface area contributed by atoms with Gasteiger partial charge in [-0.05, 0) is 37.3 Å². The van der Waals surface area contributed by atoms with Crippen LogP contribution in [0.15, 0.2) is 29.2 Å². The number of rotatable bonds is 4. The Balaban J connectivity index is 1.39. The van der Waals surface area contributed by atoms with Crippen molar-refractivity contribution >= 4 is 17.7 Å². The number of fused-ring (bicyclic) bond motifs is 1. The number of hydrogen-bond acceptors (Lipinski definition) is 3. The van der Waals surface area contributed by atoms with Gasteiger partial charge in [-0.2, -0.15) is 0 Å². The first-order valence-corrected chi connectivity index (χ1v) is 8.44. The molecule has 2 heterocycles. The summed E-state index contributed by atoms with van der Waals surface area (Å²) < 4.78 is 0. The molecule has 3 nitrogen and oxygen atoms in total. The third-order valence-corrected chi connectivity index (χ3v) is 5.39. The Bertz CT molecular complexity index is 446. The summed E-state index contributed by atoms with van der Waals surface area (Å²) in [6.45, 7) is 3.31. The average molecular weight is 290 g/mol. The van der Waals surface area contributed by atoms with Crippen LogP contribution in [0.25, 0.3) is 0 Å². The van der Waals surface area contributed by atoms with Gasteiger partial charge >= 0.3 is 0 Å². The molecule has 1 unspecified atom stereocenters. The Morgan fingerprint density at radius 1 is 1.25 bits per heavy atom. The second-order valence-corrected chi connectivity index (χ2v) is 6.97. The highest BCUT2D eigenvalue weighted by molar-refractivity contribution is 8.00. The third-order valence-electron chi connectivity index (χ3n) is 4.07. The minimum atomic E-state index is 0.269. The first-order valence-electron chi connectivity index (χ1n) is 7.56. The van der Waals surface area contributed by atoms with Gasteiger partial charge in [-0.1, -0.05) is 18.2 Å². The lowest BCUT2D eigenvalue weighted by Crippen LogP contribution is -2.42. The highest BCUT2D eigenvalue weighted by atomic mass is 32.2. The van der Waals surface area contributed by atoms with Gasteiger partial charge in [-0.15, -0.1) is 11.8 Å². The van der Waals surface area contributed by atoms with Gasteiger partial charge in [0.2, 0.25) is 5.91 Å². The van der Waals surface area contributed by atoms with Crippen molar-refractivity contribution in [1.82, 2.24) is 10.2 Å². The molecule has 0 saturated carbocycles. The molecule has 3 rings (SSSR count). The average Bonchev–Trinajstić information content (AvgIpc) is 2.90. The molecule has 4 heteroatoms. The van der Waals surface area contributed by atoms with Gasteiger partial charge in [0.15, 0.2) is 0 Å². The zero-order chi connectivity index (χ0) is 13.8. The van der Waals surface area contributed by atoms with Crippen molar-refractivity contribution in [2.45, 2.75) is 35.8 Å². The van der Waals surface area contributed by atoms with E-state index in [1.54, 1.807) is 0 Å². The van der Waals surface area contributed by atoms with Crippen LogP contribution in [-0.4, -0.2) is 42.2 Å². The summed E-state index contributed by atoms with van der Waals surface area (Å²) in [4.78, 5) is 15.5. The van der Waals surface area contributed by atoms with Crippen molar-refractivity contribution < 1.29 is 4.79 Å². The molecule has 0 radical (unpaired) electrons. The Labute approximate surface area is 125 Å². The second-order valence-electron chi connectivity index (χ2n) is 5.62. The fourth-order valence-corrected chi connectivity index (χ4v) is 4.25. The van der Waals surface area contributed by atoms with Crippen molar-refractivity contribution in [2.75, 3.05) is 26.2 Å². The number of carbonyl (C=O) groups excluding carboxylic acids is 1. The normalized spacial score (nSPS) is 21.8. The van der Waals surface area contributed by atoms with Crippen molar-refractivity contribution in [1.29, 1.82) is 0 Å². The summed E-state index contributed by atoms with van der Waals surface area (Å²) in [5.74, 6) is 0.269. The number of nitrogens with one attached hydrogen (secondary N) is 1. The Morgan fingerprint density at radius 3 is 2.85 bits per heavy atom. The molecule has 1 amide bonds. The molecule has 1 aromatic carbocycles. The molecule has 1 saturated heterocycles. The van der Waals surface area contributed by atoms with Crippen LogP contribution in [0.4, 0.5) is 0 Å². The van der Waals surface area contributed by atoms with E-state index in [1.165, 1.54) is 29.7 Å². The third kappa shape index (κ3) is 3.36. The Morgan fingerprint density at radius 2 is 2.05 bits per heavy atom. The topological polar surface area (TPSA) is 32.3 Å². The second kappa shape index (κ2) is 6.64. The Kier molecular flexibility index (Phi) is 4.63. The summed E-state index contributed by atoms with van der Waals surface area (Å²) in [5.41, 5.74) is 1.45. The lowest BCUT2D eigenvalue weighted by Gasteiger charge is -2.27. The van der Waals surface area contributed by atoms with E-state index in [2.05, 4.69) is 29.6 Å². The summed E-state index contributed by atoms with van der Waals surface area (Å²) in [6.07, 6.45) is 4.72. The van der Waals surface area contributed by atoms with E-state index in [9.17, 15) is 4.79 Å². The van der Waals surface area contributed by atoms with Crippen LogP contribution in [0.5, 0.6) is 0 Å². The molecule has 0 bridgehead atoms. The number of nitrogens with zero attached hydrogens (tertiary/aromatic N) is 1. The number of benzene rings is 1. The van der Waals surface area contributed by atoms with Gasteiger partial charge in [-0.25, -0.2) is 0 Å². The van der Waals surface area contributed by atoms with Crippen LogP contribution in [0.1, 0.15) is 24.8 Å². The molecule has 2 aliphatic heterocycles. The molecule has 20 heavy (non-hydrogen) atoms. The van der Waals surface area contributed by atoms with Crippen LogP contribution < -0.4 is 5.32 Å². The first kappa shape index (κ1) is 14.0. The van der Waals surface area contributed by atoms with Crippen molar-refractivity contribution in [3.8, 4) is 0 Å². The summed E-state index contributed by atoms with van der Waals surface area (Å²) >= 11 is 1.94. The molecule has 2 aliphatic rings. The van der Waals surface area contributed by atoms with Crippen LogP contribution in [0, 0.1) is 0 Å². The minimum Gasteiger partial charge on any atom is -0.342 e. The summed E-state index contributed by atoms with van der Waals surface area (Å²) in [5, 5.41) is 3.92.